The highest BCUT2D eigenvalue weighted by Crippen LogP contribution is 2.36. The number of carbonyl (C=O) groups is 2. The molecule has 0 saturated carbocycles. The lowest BCUT2D eigenvalue weighted by molar-refractivity contribution is -0.350. The van der Waals surface area contributed by atoms with E-state index in [9.17, 15) is 9.59 Å². The van der Waals surface area contributed by atoms with Crippen LogP contribution in [0.2, 0.25) is 0 Å². The van der Waals surface area contributed by atoms with Gasteiger partial charge in [-0.15, -0.1) is 0 Å². The summed E-state index contributed by atoms with van der Waals surface area (Å²) >= 11 is 0. The Morgan fingerprint density at radius 3 is 2.48 bits per heavy atom. The number of fused-ring (bicyclic) bond motifs is 3. The van der Waals surface area contributed by atoms with E-state index in [1.807, 2.05) is 24.3 Å². The minimum atomic E-state index is -0.665. The Hall–Kier alpha value is -3.15. The zero-order chi connectivity index (χ0) is 16.0. The molecule has 114 valence electrons. The molecule has 0 aromatic heterocycles. The quantitative estimate of drug-likeness (QED) is 0.836. The van der Waals surface area contributed by atoms with Crippen molar-refractivity contribution in [3.63, 3.8) is 0 Å². The molecule has 0 bridgehead atoms. The number of nitrogens with zero attached hydrogens (tertiary/aromatic N) is 2. The van der Waals surface area contributed by atoms with E-state index < -0.39 is 6.04 Å². The Bertz CT molecular complexity index is 846. The molecule has 0 aliphatic carbocycles. The third kappa shape index (κ3) is 1.85. The number of imide groups is 1. The van der Waals surface area contributed by atoms with Crippen LogP contribution in [0.4, 0.5) is 21.9 Å². The van der Waals surface area contributed by atoms with E-state index in [0.717, 1.165) is 5.69 Å². The highest BCUT2D eigenvalue weighted by Gasteiger charge is 2.50. The van der Waals surface area contributed by atoms with Crippen LogP contribution >= 0.6 is 0 Å². The van der Waals surface area contributed by atoms with Gasteiger partial charge in [-0.3, -0.25) is 9.69 Å². The fourth-order valence-corrected chi connectivity index (χ4v) is 2.97. The molecule has 2 aliphatic rings. The SMILES string of the molecule is COc1ccccc1N1C(=O)C2C=[NH+]c3ccccc3N2C1=O. The van der Waals surface area contributed by atoms with Gasteiger partial charge < -0.3 is 4.74 Å². The molecular weight excluding hydrogens is 294 g/mol. The molecule has 2 heterocycles. The molecule has 2 aromatic rings. The first-order valence-corrected chi connectivity index (χ1v) is 7.21. The summed E-state index contributed by atoms with van der Waals surface area (Å²) < 4.78 is 5.29. The van der Waals surface area contributed by atoms with Gasteiger partial charge in [0.25, 0.3) is 5.91 Å². The number of carbonyl (C=O) groups excluding carboxylic acids is 2. The highest BCUT2D eigenvalue weighted by molar-refractivity contribution is 6.33. The smallest absolute Gasteiger partial charge is 0.337 e. The van der Waals surface area contributed by atoms with Gasteiger partial charge in [-0.05, 0) is 18.2 Å². The van der Waals surface area contributed by atoms with Gasteiger partial charge in [0.05, 0.1) is 12.8 Å². The van der Waals surface area contributed by atoms with Crippen LogP contribution in [0, 0.1) is 0 Å². The maximum atomic E-state index is 12.9. The number of para-hydroxylation sites is 4. The number of anilines is 2. The molecule has 1 fully saturated rings. The normalized spacial score (nSPS) is 18.9. The minimum Gasteiger partial charge on any atom is -0.495 e. The molecule has 2 aliphatic heterocycles. The van der Waals surface area contributed by atoms with Crippen LogP contribution < -0.4 is 19.5 Å². The number of hydrogen-bond acceptors (Lipinski definition) is 3. The summed E-state index contributed by atoms with van der Waals surface area (Å²) in [5.74, 6) is 0.178. The van der Waals surface area contributed by atoms with Crippen LogP contribution in [0.5, 0.6) is 5.75 Å². The maximum Gasteiger partial charge on any atom is 0.337 e. The lowest BCUT2D eigenvalue weighted by atomic mass is 10.1. The number of amides is 3. The molecule has 1 N–H and O–H groups in total. The van der Waals surface area contributed by atoms with E-state index in [1.165, 1.54) is 16.9 Å². The average molecular weight is 308 g/mol. The van der Waals surface area contributed by atoms with E-state index in [4.69, 9.17) is 4.74 Å². The van der Waals surface area contributed by atoms with Crippen molar-refractivity contribution < 1.29 is 19.3 Å². The Balaban J connectivity index is 1.84. The van der Waals surface area contributed by atoms with E-state index >= 15 is 0 Å². The lowest BCUT2D eigenvalue weighted by Crippen LogP contribution is -2.69. The van der Waals surface area contributed by atoms with Crippen LogP contribution in [-0.2, 0) is 4.79 Å². The van der Waals surface area contributed by atoms with E-state index in [2.05, 4.69) is 4.99 Å². The van der Waals surface area contributed by atoms with E-state index in [0.29, 0.717) is 17.1 Å². The number of ether oxygens (including phenoxy) is 1. The van der Waals surface area contributed by atoms with E-state index in [1.54, 1.807) is 30.5 Å². The predicted octanol–water partition coefficient (Wildman–Crippen LogP) is 0.833. The van der Waals surface area contributed by atoms with Gasteiger partial charge in [-0.1, -0.05) is 24.3 Å². The van der Waals surface area contributed by atoms with Crippen molar-refractivity contribution in [2.75, 3.05) is 16.9 Å². The van der Waals surface area contributed by atoms with Crippen molar-refractivity contribution in [1.29, 1.82) is 0 Å². The summed E-state index contributed by atoms with van der Waals surface area (Å²) in [6.07, 6.45) is 1.64. The molecule has 3 amide bonds. The van der Waals surface area contributed by atoms with Gasteiger partial charge in [-0.2, -0.15) is 0 Å². The van der Waals surface area contributed by atoms with Gasteiger partial charge in [-0.25, -0.2) is 14.7 Å². The summed E-state index contributed by atoms with van der Waals surface area (Å²) in [6, 6.07) is 13.3. The van der Waals surface area contributed by atoms with E-state index in [-0.39, 0.29) is 11.9 Å². The summed E-state index contributed by atoms with van der Waals surface area (Å²) in [5.41, 5.74) is 1.94. The summed E-state index contributed by atoms with van der Waals surface area (Å²) in [7, 11) is 1.51. The zero-order valence-electron chi connectivity index (χ0n) is 12.4. The molecule has 0 spiro atoms. The van der Waals surface area contributed by atoms with Gasteiger partial charge in [0.1, 0.15) is 11.4 Å². The predicted molar refractivity (Wildman–Crippen MR) is 85.3 cm³/mol. The molecule has 1 unspecified atom stereocenters. The van der Waals surface area contributed by atoms with Crippen molar-refractivity contribution >= 4 is 35.2 Å². The molecule has 1 atom stereocenters. The molecule has 1 saturated heterocycles. The fraction of sp³-hybridized carbons (Fsp3) is 0.118. The number of urea groups is 1. The zero-order valence-corrected chi connectivity index (χ0v) is 12.4. The highest BCUT2D eigenvalue weighted by atomic mass is 16.5. The van der Waals surface area contributed by atoms with Gasteiger partial charge in [0.2, 0.25) is 5.69 Å². The van der Waals surface area contributed by atoms with Crippen LogP contribution in [0.3, 0.4) is 0 Å². The summed E-state index contributed by atoms with van der Waals surface area (Å²) in [5, 5.41) is 0. The van der Waals surface area contributed by atoms with Crippen LogP contribution in [0.15, 0.2) is 48.5 Å². The number of nitrogens with one attached hydrogen (secondary N) is 1. The molecule has 0 radical (unpaired) electrons. The monoisotopic (exact) mass is 308 g/mol. The molecule has 6 nitrogen and oxygen atoms in total. The van der Waals surface area contributed by atoms with Crippen molar-refractivity contribution in [2.24, 2.45) is 0 Å². The Morgan fingerprint density at radius 1 is 1.00 bits per heavy atom. The molecule has 2 aromatic carbocycles. The number of benzene rings is 2. The van der Waals surface area contributed by atoms with Crippen LogP contribution in [0.25, 0.3) is 0 Å². The first kappa shape index (κ1) is 13.5. The first-order valence-electron chi connectivity index (χ1n) is 7.21. The minimum absolute atomic E-state index is 0.304. The second kappa shape index (κ2) is 4.95. The van der Waals surface area contributed by atoms with Crippen LogP contribution in [-0.4, -0.2) is 31.3 Å². The first-order chi connectivity index (χ1) is 11.2. The van der Waals surface area contributed by atoms with Gasteiger partial charge in [0, 0.05) is 6.07 Å². The second-order valence-corrected chi connectivity index (χ2v) is 5.27. The average Bonchev–Trinajstić information content (AvgIpc) is 2.86. The molecule has 23 heavy (non-hydrogen) atoms. The Labute approximate surface area is 132 Å². The number of rotatable bonds is 2. The third-order valence-corrected chi connectivity index (χ3v) is 4.04. The maximum absolute atomic E-state index is 12.9. The van der Waals surface area contributed by atoms with Crippen molar-refractivity contribution in [1.82, 2.24) is 0 Å². The third-order valence-electron chi connectivity index (χ3n) is 4.04. The number of methoxy groups -OCH3 is 1. The van der Waals surface area contributed by atoms with Crippen LogP contribution in [0.1, 0.15) is 0 Å². The number of hydrogen-bond donors (Lipinski definition) is 1. The molecular formula is C17H14N3O3+. The largest absolute Gasteiger partial charge is 0.495 e. The van der Waals surface area contributed by atoms with Gasteiger partial charge >= 0.3 is 6.03 Å². The standard InChI is InChI=1S/C17H13N3O3/c1-23-15-9-5-4-8-13(15)20-16(21)14-10-18-11-6-2-3-7-12(11)19(14)17(20)22/h2-10,14H,1H3/p+1. The summed E-state index contributed by atoms with van der Waals surface area (Å²) in [4.78, 5) is 31.4. The van der Waals surface area contributed by atoms with Gasteiger partial charge in [0.15, 0.2) is 12.3 Å². The van der Waals surface area contributed by atoms with Crippen molar-refractivity contribution in [3.8, 4) is 5.75 Å². The Kier molecular flexibility index (Phi) is 2.90. The second-order valence-electron chi connectivity index (χ2n) is 5.27. The Morgan fingerprint density at radius 2 is 1.70 bits per heavy atom. The topological polar surface area (TPSA) is 63.8 Å². The molecule has 4 rings (SSSR count). The summed E-state index contributed by atoms with van der Waals surface area (Å²) in [6.45, 7) is 0. The van der Waals surface area contributed by atoms with Crippen molar-refractivity contribution in [2.45, 2.75) is 6.04 Å². The molecule has 6 heteroatoms. The lowest BCUT2D eigenvalue weighted by Gasteiger charge is -2.21. The van der Waals surface area contributed by atoms with Crippen molar-refractivity contribution in [3.05, 3.63) is 48.5 Å². The fourth-order valence-electron chi connectivity index (χ4n) is 2.97.